The third-order valence-electron chi connectivity index (χ3n) is 3.20. The summed E-state index contributed by atoms with van der Waals surface area (Å²) in [6.07, 6.45) is 7.16. The van der Waals surface area contributed by atoms with Crippen LogP contribution in [0.25, 0.3) is 0 Å². The number of rotatable bonds is 2. The third-order valence-corrected chi connectivity index (χ3v) is 3.20. The average molecular weight is 286 g/mol. The van der Waals surface area contributed by atoms with Crippen LogP contribution in [0.15, 0.2) is 31.0 Å². The van der Waals surface area contributed by atoms with Crippen molar-refractivity contribution in [3.8, 4) is 0 Å². The molecule has 2 aromatic rings. The minimum Gasteiger partial charge on any atom is -0.382 e. The van der Waals surface area contributed by atoms with Gasteiger partial charge in [-0.1, -0.05) is 0 Å². The van der Waals surface area contributed by atoms with Gasteiger partial charge in [0.2, 0.25) is 0 Å². The summed E-state index contributed by atoms with van der Waals surface area (Å²) in [5.74, 6) is 0.134. The summed E-state index contributed by atoms with van der Waals surface area (Å²) >= 11 is 0. The number of hydrogen-bond acceptors (Lipinski definition) is 7. The number of morpholine rings is 1. The van der Waals surface area contributed by atoms with Gasteiger partial charge in [-0.25, -0.2) is 9.97 Å². The molecule has 21 heavy (non-hydrogen) atoms. The molecule has 0 bridgehead atoms. The van der Waals surface area contributed by atoms with Crippen LogP contribution in [-0.4, -0.2) is 50.4 Å². The minimum absolute atomic E-state index is 0.182. The molecule has 8 heteroatoms. The zero-order valence-electron chi connectivity index (χ0n) is 11.2. The summed E-state index contributed by atoms with van der Waals surface area (Å²) in [6.45, 7) is 1.26. The average Bonchev–Trinajstić information content (AvgIpc) is 2.55. The van der Waals surface area contributed by atoms with Gasteiger partial charge < -0.3 is 15.4 Å². The van der Waals surface area contributed by atoms with Gasteiger partial charge in [0, 0.05) is 31.3 Å². The largest absolute Gasteiger partial charge is 0.382 e. The maximum absolute atomic E-state index is 12.4. The summed E-state index contributed by atoms with van der Waals surface area (Å²) in [5.41, 5.74) is 6.67. The Morgan fingerprint density at radius 2 is 2.05 bits per heavy atom. The number of hydrogen-bond donors (Lipinski definition) is 1. The van der Waals surface area contributed by atoms with Gasteiger partial charge in [-0.15, -0.1) is 0 Å². The number of aromatic nitrogens is 4. The highest BCUT2D eigenvalue weighted by molar-refractivity contribution is 5.92. The molecule has 1 fully saturated rings. The number of anilines is 1. The van der Waals surface area contributed by atoms with Crippen molar-refractivity contribution in [2.45, 2.75) is 6.10 Å². The highest BCUT2D eigenvalue weighted by Crippen LogP contribution is 2.24. The van der Waals surface area contributed by atoms with E-state index in [1.807, 2.05) is 0 Å². The van der Waals surface area contributed by atoms with Crippen molar-refractivity contribution in [2.24, 2.45) is 0 Å². The fourth-order valence-electron chi connectivity index (χ4n) is 2.18. The molecule has 0 unspecified atom stereocenters. The van der Waals surface area contributed by atoms with Crippen molar-refractivity contribution in [3.63, 3.8) is 0 Å². The van der Waals surface area contributed by atoms with Gasteiger partial charge in [0.15, 0.2) is 0 Å². The maximum Gasteiger partial charge on any atom is 0.274 e. The second-order valence-electron chi connectivity index (χ2n) is 4.53. The van der Waals surface area contributed by atoms with Gasteiger partial charge in [0.25, 0.3) is 5.91 Å². The van der Waals surface area contributed by atoms with E-state index in [1.165, 1.54) is 24.8 Å². The molecule has 0 aromatic carbocycles. The molecule has 1 aliphatic heterocycles. The second-order valence-corrected chi connectivity index (χ2v) is 4.53. The van der Waals surface area contributed by atoms with E-state index >= 15 is 0 Å². The van der Waals surface area contributed by atoms with E-state index in [1.54, 1.807) is 11.1 Å². The van der Waals surface area contributed by atoms with Crippen molar-refractivity contribution in [3.05, 3.63) is 42.4 Å². The van der Waals surface area contributed by atoms with Crippen LogP contribution in [0.3, 0.4) is 0 Å². The highest BCUT2D eigenvalue weighted by Gasteiger charge is 2.29. The van der Waals surface area contributed by atoms with E-state index in [4.69, 9.17) is 10.5 Å². The lowest BCUT2D eigenvalue weighted by Gasteiger charge is -2.32. The van der Waals surface area contributed by atoms with Gasteiger partial charge >= 0.3 is 0 Å². The number of nitrogens with zero attached hydrogens (tertiary/aromatic N) is 5. The first kappa shape index (κ1) is 13.4. The Balaban J connectivity index is 1.77. The Kier molecular flexibility index (Phi) is 3.69. The topological polar surface area (TPSA) is 107 Å². The summed E-state index contributed by atoms with van der Waals surface area (Å²) in [6, 6.07) is 0. The Bertz CT molecular complexity index is 636. The molecular formula is C13H14N6O2. The van der Waals surface area contributed by atoms with Gasteiger partial charge in [0.05, 0.1) is 19.3 Å². The number of carbonyl (C=O) groups excluding carboxylic acids is 1. The van der Waals surface area contributed by atoms with Crippen LogP contribution < -0.4 is 5.73 Å². The first-order chi connectivity index (χ1) is 10.3. The number of nitrogen functional groups attached to an aromatic ring is 1. The molecule has 0 saturated carbocycles. The van der Waals surface area contributed by atoms with Gasteiger partial charge in [-0.2, -0.15) is 0 Å². The first-order valence-corrected chi connectivity index (χ1v) is 6.49. The molecule has 1 amide bonds. The van der Waals surface area contributed by atoms with Crippen LogP contribution in [0.2, 0.25) is 0 Å². The molecule has 1 atom stereocenters. The predicted octanol–water partition coefficient (Wildman–Crippen LogP) is 0.0625. The van der Waals surface area contributed by atoms with Crippen LogP contribution in [0, 0.1) is 0 Å². The molecule has 3 heterocycles. The van der Waals surface area contributed by atoms with Crippen LogP contribution >= 0.6 is 0 Å². The first-order valence-electron chi connectivity index (χ1n) is 6.49. The second kappa shape index (κ2) is 5.80. The van der Waals surface area contributed by atoms with Crippen molar-refractivity contribution in [1.29, 1.82) is 0 Å². The number of ether oxygens (including phenoxy) is 1. The molecule has 0 spiro atoms. The molecular weight excluding hydrogens is 272 g/mol. The van der Waals surface area contributed by atoms with Crippen LogP contribution in [-0.2, 0) is 4.74 Å². The lowest BCUT2D eigenvalue weighted by molar-refractivity contribution is -0.0247. The number of nitrogens with two attached hydrogens (primary N) is 1. The lowest BCUT2D eigenvalue weighted by Crippen LogP contribution is -2.43. The Morgan fingerprint density at radius 1 is 1.24 bits per heavy atom. The molecule has 1 aliphatic rings. The zero-order valence-corrected chi connectivity index (χ0v) is 11.2. The SMILES string of the molecule is Nc1nccnc1[C@H]1CN(C(=O)c2cnccn2)CCO1. The molecule has 0 radical (unpaired) electrons. The Labute approximate surface area is 121 Å². The summed E-state index contributed by atoms with van der Waals surface area (Å²) in [7, 11) is 0. The van der Waals surface area contributed by atoms with E-state index in [9.17, 15) is 4.79 Å². The molecule has 3 rings (SSSR count). The van der Waals surface area contributed by atoms with Crippen LogP contribution in [0.4, 0.5) is 5.82 Å². The highest BCUT2D eigenvalue weighted by atomic mass is 16.5. The summed E-state index contributed by atoms with van der Waals surface area (Å²) in [5, 5.41) is 0. The van der Waals surface area contributed by atoms with Gasteiger partial charge in [-0.3, -0.25) is 14.8 Å². The Hall–Kier alpha value is -2.61. The van der Waals surface area contributed by atoms with Gasteiger partial charge in [0.1, 0.15) is 23.3 Å². The molecule has 2 aromatic heterocycles. The van der Waals surface area contributed by atoms with Crippen molar-refractivity contribution in [1.82, 2.24) is 24.8 Å². The minimum atomic E-state index is -0.381. The van der Waals surface area contributed by atoms with E-state index in [0.717, 1.165) is 0 Å². The Morgan fingerprint density at radius 3 is 2.81 bits per heavy atom. The standard InChI is InChI=1S/C13H14N6O2/c14-12-11(17-3-4-18-12)10-8-19(5-6-21-10)13(20)9-7-15-1-2-16-9/h1-4,7,10H,5-6,8H2,(H2,14,18)/t10-/m1/s1. The van der Waals surface area contributed by atoms with E-state index < -0.39 is 0 Å². The fourth-order valence-corrected chi connectivity index (χ4v) is 2.18. The maximum atomic E-state index is 12.4. The fraction of sp³-hybridized carbons (Fsp3) is 0.308. The zero-order chi connectivity index (χ0) is 14.7. The van der Waals surface area contributed by atoms with Crippen molar-refractivity contribution < 1.29 is 9.53 Å². The quantitative estimate of drug-likeness (QED) is 0.831. The summed E-state index contributed by atoms with van der Waals surface area (Å²) in [4.78, 5) is 30.1. The van der Waals surface area contributed by atoms with E-state index in [-0.39, 0.29) is 12.0 Å². The van der Waals surface area contributed by atoms with Crippen molar-refractivity contribution >= 4 is 11.7 Å². The van der Waals surface area contributed by atoms with Crippen LogP contribution in [0.1, 0.15) is 22.3 Å². The molecule has 108 valence electrons. The molecule has 1 saturated heterocycles. The van der Waals surface area contributed by atoms with Gasteiger partial charge in [-0.05, 0) is 0 Å². The monoisotopic (exact) mass is 286 g/mol. The summed E-state index contributed by atoms with van der Waals surface area (Å²) < 4.78 is 5.65. The number of carbonyl (C=O) groups is 1. The van der Waals surface area contributed by atoms with Crippen LogP contribution in [0.5, 0.6) is 0 Å². The molecule has 2 N–H and O–H groups in total. The smallest absolute Gasteiger partial charge is 0.274 e. The third kappa shape index (κ3) is 2.79. The predicted molar refractivity (Wildman–Crippen MR) is 73.1 cm³/mol. The normalized spacial score (nSPS) is 18.5. The number of amides is 1. The molecule has 0 aliphatic carbocycles. The molecule has 8 nitrogen and oxygen atoms in total. The van der Waals surface area contributed by atoms with E-state index in [2.05, 4.69) is 19.9 Å². The lowest BCUT2D eigenvalue weighted by atomic mass is 10.2. The van der Waals surface area contributed by atoms with E-state index in [0.29, 0.717) is 36.9 Å². The van der Waals surface area contributed by atoms with Crippen molar-refractivity contribution in [2.75, 3.05) is 25.4 Å².